The number of hydrogen-bond donors (Lipinski definition) is 0. The van der Waals surface area contributed by atoms with Crippen LogP contribution in [0.15, 0.2) is 15.7 Å². The minimum atomic E-state index is -3.32. The third-order valence-corrected chi connectivity index (χ3v) is 7.55. The molecule has 1 aromatic rings. The highest BCUT2D eigenvalue weighted by Crippen LogP contribution is 2.29. The maximum absolute atomic E-state index is 12.6. The van der Waals surface area contributed by atoms with E-state index in [0.29, 0.717) is 29.1 Å². The van der Waals surface area contributed by atoms with E-state index in [4.69, 9.17) is 11.6 Å². The molecule has 2 heterocycles. The summed E-state index contributed by atoms with van der Waals surface area (Å²) in [7, 11) is -3.32. The van der Waals surface area contributed by atoms with Crippen molar-refractivity contribution in [2.24, 2.45) is 5.92 Å². The van der Waals surface area contributed by atoms with Gasteiger partial charge in [0, 0.05) is 19.0 Å². The van der Waals surface area contributed by atoms with Gasteiger partial charge in [-0.1, -0.05) is 19.8 Å². The second-order valence-corrected chi connectivity index (χ2v) is 8.74. The molecule has 1 unspecified atom stereocenters. The summed E-state index contributed by atoms with van der Waals surface area (Å²) in [5.41, 5.74) is 0.883. The number of sulfonamides is 1. The lowest BCUT2D eigenvalue weighted by atomic mass is 9.96. The first kappa shape index (κ1) is 16.3. The van der Waals surface area contributed by atoms with Crippen molar-refractivity contribution in [3.63, 3.8) is 0 Å². The summed E-state index contributed by atoms with van der Waals surface area (Å²) in [6, 6.07) is 1.71. The van der Waals surface area contributed by atoms with Gasteiger partial charge in [-0.15, -0.1) is 22.9 Å². The first-order valence-corrected chi connectivity index (χ1v) is 10.1. The van der Waals surface area contributed by atoms with Gasteiger partial charge in [0.1, 0.15) is 4.21 Å². The van der Waals surface area contributed by atoms with Crippen LogP contribution in [0.25, 0.3) is 0 Å². The molecule has 0 aliphatic carbocycles. The summed E-state index contributed by atoms with van der Waals surface area (Å²) in [5, 5.41) is 1.83. The van der Waals surface area contributed by atoms with Crippen molar-refractivity contribution < 1.29 is 8.42 Å². The fraction of sp³-hybridized carbons (Fsp3) is 0.714. The molecule has 1 aliphatic rings. The van der Waals surface area contributed by atoms with Crippen LogP contribution < -0.4 is 0 Å². The molecule has 20 heavy (non-hydrogen) atoms. The molecule has 2 rings (SSSR count). The first-order valence-electron chi connectivity index (χ1n) is 7.21. The molecule has 0 amide bonds. The number of rotatable bonds is 5. The van der Waals surface area contributed by atoms with Gasteiger partial charge in [0.2, 0.25) is 0 Å². The molecule has 3 nitrogen and oxygen atoms in total. The van der Waals surface area contributed by atoms with Crippen molar-refractivity contribution in [1.82, 2.24) is 4.31 Å². The lowest BCUT2D eigenvalue weighted by molar-refractivity contribution is 0.400. The number of hydrogen-bond acceptors (Lipinski definition) is 3. The summed E-state index contributed by atoms with van der Waals surface area (Å²) in [5.74, 6) is 1.05. The Hall–Kier alpha value is -0.100. The summed E-state index contributed by atoms with van der Waals surface area (Å²) in [6.45, 7) is 3.50. The van der Waals surface area contributed by atoms with E-state index in [0.717, 1.165) is 24.8 Å². The Kier molecular flexibility index (Phi) is 5.90. The van der Waals surface area contributed by atoms with Crippen LogP contribution in [-0.2, 0) is 15.9 Å². The van der Waals surface area contributed by atoms with E-state index in [-0.39, 0.29) is 0 Å². The van der Waals surface area contributed by atoms with Crippen LogP contribution in [-0.4, -0.2) is 25.8 Å². The second kappa shape index (κ2) is 7.25. The van der Waals surface area contributed by atoms with Crippen LogP contribution in [0.2, 0.25) is 0 Å². The molecule has 1 saturated heterocycles. The molecule has 0 saturated carbocycles. The molecule has 1 fully saturated rings. The zero-order chi connectivity index (χ0) is 14.6. The van der Waals surface area contributed by atoms with E-state index in [2.05, 4.69) is 6.92 Å². The summed E-state index contributed by atoms with van der Waals surface area (Å²) in [6.07, 6.45) is 5.50. The van der Waals surface area contributed by atoms with Crippen molar-refractivity contribution >= 4 is 33.0 Å². The summed E-state index contributed by atoms with van der Waals surface area (Å²) >= 11 is 7.03. The molecule has 0 spiro atoms. The number of alkyl halides is 1. The van der Waals surface area contributed by atoms with Crippen LogP contribution in [0.4, 0.5) is 0 Å². The van der Waals surface area contributed by atoms with Crippen molar-refractivity contribution in [3.8, 4) is 0 Å². The van der Waals surface area contributed by atoms with E-state index < -0.39 is 10.0 Å². The van der Waals surface area contributed by atoms with Crippen LogP contribution in [0.1, 0.15) is 44.6 Å². The largest absolute Gasteiger partial charge is 0.252 e. The first-order chi connectivity index (χ1) is 9.57. The maximum Gasteiger partial charge on any atom is 0.252 e. The predicted molar refractivity (Wildman–Crippen MR) is 84.9 cm³/mol. The minimum Gasteiger partial charge on any atom is -0.206 e. The third-order valence-electron chi connectivity index (χ3n) is 3.88. The molecular formula is C14H22ClNO2S2. The van der Waals surface area contributed by atoms with Gasteiger partial charge in [-0.25, -0.2) is 8.42 Å². The predicted octanol–water partition coefficient (Wildman–Crippen LogP) is 4.08. The monoisotopic (exact) mass is 335 g/mol. The lowest BCUT2D eigenvalue weighted by Gasteiger charge is -2.19. The van der Waals surface area contributed by atoms with Gasteiger partial charge in [0.05, 0.1) is 0 Å². The molecule has 0 bridgehead atoms. The zero-order valence-electron chi connectivity index (χ0n) is 11.8. The summed E-state index contributed by atoms with van der Waals surface area (Å²) < 4.78 is 27.3. The smallest absolute Gasteiger partial charge is 0.206 e. The standard InChI is InChI=1S/C14H22ClNO2S2/c1-2-4-12-5-3-7-16(8-6-12)20(17,18)14-9-13(10-15)11-19-14/h9,11-12H,2-8,10H2,1H3. The number of halogens is 1. The highest BCUT2D eigenvalue weighted by molar-refractivity contribution is 7.91. The quantitative estimate of drug-likeness (QED) is 0.760. The Morgan fingerprint density at radius 1 is 1.40 bits per heavy atom. The lowest BCUT2D eigenvalue weighted by Crippen LogP contribution is -2.31. The van der Waals surface area contributed by atoms with E-state index >= 15 is 0 Å². The van der Waals surface area contributed by atoms with Crippen LogP contribution >= 0.6 is 22.9 Å². The van der Waals surface area contributed by atoms with Crippen LogP contribution in [0.3, 0.4) is 0 Å². The zero-order valence-corrected chi connectivity index (χ0v) is 14.2. The molecule has 1 aliphatic heterocycles. The Morgan fingerprint density at radius 3 is 2.85 bits per heavy atom. The van der Waals surface area contributed by atoms with E-state index in [1.54, 1.807) is 10.4 Å². The SMILES string of the molecule is CCCC1CCCN(S(=O)(=O)c2cc(CCl)cs2)CC1. The van der Waals surface area contributed by atoms with Gasteiger partial charge >= 0.3 is 0 Å². The Labute approximate surface area is 131 Å². The van der Waals surface area contributed by atoms with Gasteiger partial charge in [-0.05, 0) is 42.2 Å². The van der Waals surface area contributed by atoms with Gasteiger partial charge in [0.15, 0.2) is 0 Å². The van der Waals surface area contributed by atoms with Gasteiger partial charge in [-0.2, -0.15) is 4.31 Å². The fourth-order valence-electron chi connectivity index (χ4n) is 2.76. The Bertz CT molecular complexity index is 527. The summed E-state index contributed by atoms with van der Waals surface area (Å²) in [4.78, 5) is 0. The third kappa shape index (κ3) is 3.75. The average Bonchev–Trinajstić information content (AvgIpc) is 2.80. The molecule has 1 atom stereocenters. The topological polar surface area (TPSA) is 37.4 Å². The van der Waals surface area contributed by atoms with Gasteiger partial charge in [0.25, 0.3) is 10.0 Å². The van der Waals surface area contributed by atoms with Crippen LogP contribution in [0, 0.1) is 5.92 Å². The molecule has 0 N–H and O–H groups in total. The van der Waals surface area contributed by atoms with Crippen molar-refractivity contribution in [2.45, 2.75) is 49.1 Å². The molecule has 1 aromatic heterocycles. The van der Waals surface area contributed by atoms with Gasteiger partial charge < -0.3 is 0 Å². The molecule has 114 valence electrons. The average molecular weight is 336 g/mol. The van der Waals surface area contributed by atoms with Gasteiger partial charge in [-0.3, -0.25) is 0 Å². The maximum atomic E-state index is 12.6. The number of nitrogens with zero attached hydrogens (tertiary/aromatic N) is 1. The van der Waals surface area contributed by atoms with Crippen molar-refractivity contribution in [3.05, 3.63) is 17.0 Å². The Morgan fingerprint density at radius 2 is 2.20 bits per heavy atom. The molecule has 0 aromatic carbocycles. The van der Waals surface area contributed by atoms with Crippen molar-refractivity contribution in [1.29, 1.82) is 0 Å². The minimum absolute atomic E-state index is 0.366. The number of thiophene rings is 1. The molecule has 6 heteroatoms. The molecular weight excluding hydrogens is 314 g/mol. The second-order valence-electron chi connectivity index (χ2n) is 5.40. The Balaban J connectivity index is 2.09. The van der Waals surface area contributed by atoms with E-state index in [1.165, 1.54) is 24.2 Å². The highest BCUT2D eigenvalue weighted by Gasteiger charge is 2.28. The normalized spacial score (nSPS) is 21.8. The van der Waals surface area contributed by atoms with Crippen LogP contribution in [0.5, 0.6) is 0 Å². The molecule has 0 radical (unpaired) electrons. The highest BCUT2D eigenvalue weighted by atomic mass is 35.5. The van der Waals surface area contributed by atoms with E-state index in [1.807, 2.05) is 5.38 Å². The van der Waals surface area contributed by atoms with Crippen molar-refractivity contribution in [2.75, 3.05) is 13.1 Å². The fourth-order valence-corrected chi connectivity index (χ4v) is 5.86. The van der Waals surface area contributed by atoms with E-state index in [9.17, 15) is 8.42 Å².